The normalized spacial score (nSPS) is 11.9. The van der Waals surface area contributed by atoms with E-state index in [2.05, 4.69) is 10.1 Å². The molecule has 1 amide bonds. The molecule has 0 fully saturated rings. The number of hydrogen-bond acceptors (Lipinski definition) is 4. The molecule has 0 saturated carbocycles. The first-order valence-corrected chi connectivity index (χ1v) is 5.02. The summed E-state index contributed by atoms with van der Waals surface area (Å²) in [5.41, 5.74) is -0.260. The molecule has 1 aromatic heterocycles. The summed E-state index contributed by atoms with van der Waals surface area (Å²) in [5, 5.41) is 2.43. The van der Waals surface area contributed by atoms with Crippen molar-refractivity contribution in [2.45, 2.75) is 19.5 Å². The van der Waals surface area contributed by atoms with Crippen LogP contribution in [0.5, 0.6) is 0 Å². The minimum atomic E-state index is -0.863. The Morgan fingerprint density at radius 2 is 2.12 bits per heavy atom. The number of nitrogens with zero attached hydrogens (tertiary/aromatic N) is 2. The maximum atomic E-state index is 11.6. The Morgan fingerprint density at radius 3 is 2.53 bits per heavy atom. The number of nitrogens with one attached hydrogen (secondary N) is 1. The van der Waals surface area contributed by atoms with Crippen molar-refractivity contribution in [1.29, 1.82) is 0 Å². The second kappa shape index (κ2) is 5.33. The third kappa shape index (κ3) is 3.20. The molecule has 1 heterocycles. The molecule has 1 aromatic rings. The fourth-order valence-corrected chi connectivity index (χ4v) is 1.41. The number of rotatable bonds is 4. The number of carbonyl (C=O) groups excluding carboxylic acids is 2. The Kier molecular flexibility index (Phi) is 4.08. The lowest BCUT2D eigenvalue weighted by Crippen LogP contribution is -2.45. The summed E-state index contributed by atoms with van der Waals surface area (Å²) in [5.74, 6) is -0.944. The number of carbonyl (C=O) groups is 2. The molecule has 1 unspecified atom stereocenters. The van der Waals surface area contributed by atoms with Crippen molar-refractivity contribution >= 4 is 11.9 Å². The zero-order valence-electron chi connectivity index (χ0n) is 9.97. The van der Waals surface area contributed by atoms with Crippen LogP contribution in [0.25, 0.3) is 0 Å². The molecular weight excluding hydrogens is 226 g/mol. The first-order chi connectivity index (χ1) is 7.95. The van der Waals surface area contributed by atoms with E-state index in [9.17, 15) is 14.4 Å². The molecule has 0 aliphatic heterocycles. The van der Waals surface area contributed by atoms with E-state index in [0.717, 1.165) is 0 Å². The van der Waals surface area contributed by atoms with Gasteiger partial charge in [-0.25, -0.2) is 9.59 Å². The van der Waals surface area contributed by atoms with Crippen molar-refractivity contribution < 1.29 is 14.3 Å². The van der Waals surface area contributed by atoms with Gasteiger partial charge in [-0.05, 0) is 0 Å². The lowest BCUT2D eigenvalue weighted by molar-refractivity contribution is -0.145. The average molecular weight is 241 g/mol. The van der Waals surface area contributed by atoms with Crippen LogP contribution < -0.4 is 11.0 Å². The van der Waals surface area contributed by atoms with Gasteiger partial charge in [-0.3, -0.25) is 9.36 Å². The van der Waals surface area contributed by atoms with Gasteiger partial charge in [0.15, 0.2) is 0 Å². The Hall–Kier alpha value is -2.05. The maximum absolute atomic E-state index is 11.6. The lowest BCUT2D eigenvalue weighted by Gasteiger charge is -2.15. The molecule has 1 rings (SSSR count). The highest BCUT2D eigenvalue weighted by molar-refractivity contribution is 5.83. The van der Waals surface area contributed by atoms with Crippen LogP contribution in [0.15, 0.2) is 17.2 Å². The molecule has 0 aromatic carbocycles. The van der Waals surface area contributed by atoms with E-state index < -0.39 is 12.0 Å². The highest BCUT2D eigenvalue weighted by Crippen LogP contribution is 1.93. The summed E-state index contributed by atoms with van der Waals surface area (Å²) in [6.07, 6.45) is 3.12. The van der Waals surface area contributed by atoms with Gasteiger partial charge in [0.1, 0.15) is 6.04 Å². The SMILES string of the molecule is COC(=O)C(Cn1ccn(C)c1=O)NC(C)=O. The number of aryl methyl sites for hydroxylation is 1. The van der Waals surface area contributed by atoms with Gasteiger partial charge >= 0.3 is 11.7 Å². The molecule has 94 valence electrons. The van der Waals surface area contributed by atoms with Crippen molar-refractivity contribution in [2.75, 3.05) is 7.11 Å². The van der Waals surface area contributed by atoms with Gasteiger partial charge in [0.05, 0.1) is 13.7 Å². The third-order valence-electron chi connectivity index (χ3n) is 2.26. The molecule has 7 heteroatoms. The van der Waals surface area contributed by atoms with E-state index in [0.29, 0.717) is 0 Å². The molecule has 0 aliphatic rings. The third-order valence-corrected chi connectivity index (χ3v) is 2.26. The molecule has 0 radical (unpaired) electrons. The number of hydrogen-bond donors (Lipinski definition) is 1. The summed E-state index contributed by atoms with van der Waals surface area (Å²) in [6.45, 7) is 1.34. The van der Waals surface area contributed by atoms with E-state index in [4.69, 9.17) is 0 Å². The van der Waals surface area contributed by atoms with Gasteiger partial charge < -0.3 is 14.6 Å². The van der Waals surface area contributed by atoms with E-state index >= 15 is 0 Å². The monoisotopic (exact) mass is 241 g/mol. The van der Waals surface area contributed by atoms with Crippen LogP contribution in [0.1, 0.15) is 6.92 Å². The number of esters is 1. The van der Waals surface area contributed by atoms with Crippen LogP contribution >= 0.6 is 0 Å². The Bertz CT molecular complexity index is 474. The number of amides is 1. The molecule has 7 nitrogen and oxygen atoms in total. The average Bonchev–Trinajstić information content (AvgIpc) is 2.58. The molecule has 0 aliphatic carbocycles. The van der Waals surface area contributed by atoms with Crippen molar-refractivity contribution in [1.82, 2.24) is 14.5 Å². The van der Waals surface area contributed by atoms with Crippen molar-refractivity contribution in [3.8, 4) is 0 Å². The highest BCUT2D eigenvalue weighted by atomic mass is 16.5. The van der Waals surface area contributed by atoms with Gasteiger partial charge in [0.2, 0.25) is 5.91 Å². The zero-order chi connectivity index (χ0) is 13.0. The molecular formula is C10H15N3O4. The minimum Gasteiger partial charge on any atom is -0.467 e. The fourth-order valence-electron chi connectivity index (χ4n) is 1.41. The summed E-state index contributed by atoms with van der Waals surface area (Å²) in [7, 11) is 2.83. The van der Waals surface area contributed by atoms with E-state index in [1.165, 1.54) is 23.2 Å². The largest absolute Gasteiger partial charge is 0.467 e. The van der Waals surface area contributed by atoms with E-state index in [1.807, 2.05) is 0 Å². The molecule has 0 spiro atoms. The number of methoxy groups -OCH3 is 1. The summed E-state index contributed by atoms with van der Waals surface area (Å²) in [4.78, 5) is 33.9. The number of ether oxygens (including phenoxy) is 1. The summed E-state index contributed by atoms with van der Waals surface area (Å²) >= 11 is 0. The van der Waals surface area contributed by atoms with E-state index in [-0.39, 0.29) is 18.1 Å². The first-order valence-electron chi connectivity index (χ1n) is 5.02. The second-order valence-electron chi connectivity index (χ2n) is 3.62. The van der Waals surface area contributed by atoms with Gasteiger partial charge in [-0.15, -0.1) is 0 Å². The lowest BCUT2D eigenvalue weighted by atomic mass is 10.3. The van der Waals surface area contributed by atoms with Crippen molar-refractivity contribution in [2.24, 2.45) is 7.05 Å². The van der Waals surface area contributed by atoms with Crippen LogP contribution in [-0.2, 0) is 27.9 Å². The Morgan fingerprint density at radius 1 is 1.47 bits per heavy atom. The van der Waals surface area contributed by atoms with Crippen LogP contribution in [0.4, 0.5) is 0 Å². The molecule has 1 N–H and O–H groups in total. The van der Waals surface area contributed by atoms with Gasteiger partial charge in [0, 0.05) is 26.4 Å². The minimum absolute atomic E-state index is 0.0475. The fraction of sp³-hybridized carbons (Fsp3) is 0.500. The predicted octanol–water partition coefficient (Wildman–Crippen LogP) is -1.14. The molecule has 0 saturated heterocycles. The molecule has 1 atom stereocenters. The number of aromatic nitrogens is 2. The predicted molar refractivity (Wildman–Crippen MR) is 59.3 cm³/mol. The van der Waals surface area contributed by atoms with Gasteiger partial charge in [0.25, 0.3) is 0 Å². The quantitative estimate of drug-likeness (QED) is 0.676. The van der Waals surface area contributed by atoms with Gasteiger partial charge in [-0.2, -0.15) is 0 Å². The van der Waals surface area contributed by atoms with Crippen LogP contribution in [0.2, 0.25) is 0 Å². The Balaban J connectivity index is 2.86. The van der Waals surface area contributed by atoms with Crippen molar-refractivity contribution in [3.05, 3.63) is 22.9 Å². The van der Waals surface area contributed by atoms with Gasteiger partial charge in [-0.1, -0.05) is 0 Å². The second-order valence-corrected chi connectivity index (χ2v) is 3.62. The van der Waals surface area contributed by atoms with E-state index in [1.54, 1.807) is 19.4 Å². The standard InChI is InChI=1S/C10H15N3O4/c1-7(14)11-8(9(15)17-3)6-13-5-4-12(2)10(13)16/h4-5,8H,6H2,1-3H3,(H,11,14). The summed E-state index contributed by atoms with van der Waals surface area (Å²) < 4.78 is 7.26. The maximum Gasteiger partial charge on any atom is 0.330 e. The smallest absolute Gasteiger partial charge is 0.330 e. The first kappa shape index (κ1) is 13.0. The zero-order valence-corrected chi connectivity index (χ0v) is 9.97. The topological polar surface area (TPSA) is 82.3 Å². The van der Waals surface area contributed by atoms with Crippen molar-refractivity contribution in [3.63, 3.8) is 0 Å². The highest BCUT2D eigenvalue weighted by Gasteiger charge is 2.21. The summed E-state index contributed by atoms with van der Waals surface area (Å²) in [6, 6.07) is -0.863. The van der Waals surface area contributed by atoms with Crippen LogP contribution in [0, 0.1) is 0 Å². The number of imidazole rings is 1. The van der Waals surface area contributed by atoms with Crippen LogP contribution in [-0.4, -0.2) is 34.2 Å². The van der Waals surface area contributed by atoms with Crippen LogP contribution in [0.3, 0.4) is 0 Å². The molecule has 0 bridgehead atoms. The molecule has 17 heavy (non-hydrogen) atoms. The Labute approximate surface area is 98.0 Å².